The van der Waals surface area contributed by atoms with Gasteiger partial charge in [0, 0.05) is 12.6 Å². The molecule has 1 N–H and O–H groups in total. The molecule has 0 unspecified atom stereocenters. The third-order valence-corrected chi connectivity index (χ3v) is 2.23. The van der Waals surface area contributed by atoms with Gasteiger partial charge < -0.3 is 9.84 Å². The molecule has 0 spiro atoms. The maximum atomic E-state index is 13.0. The van der Waals surface area contributed by atoms with Gasteiger partial charge in [0.05, 0.1) is 18.8 Å². The van der Waals surface area contributed by atoms with E-state index >= 15 is 0 Å². The fraction of sp³-hybridized carbons (Fsp3) is 1.00. The highest BCUT2D eigenvalue weighted by Gasteiger charge is 2.32. The monoisotopic (exact) mass is 191 g/mol. The first kappa shape index (κ1) is 10.9. The molecule has 4 heteroatoms. The van der Waals surface area contributed by atoms with E-state index in [4.69, 9.17) is 4.74 Å². The lowest BCUT2D eigenvalue weighted by Crippen LogP contribution is -2.44. The van der Waals surface area contributed by atoms with E-state index in [1.807, 2.05) is 18.7 Å². The Bertz CT molecular complexity index is 173. The molecule has 3 nitrogen and oxygen atoms in total. The summed E-state index contributed by atoms with van der Waals surface area (Å²) in [5, 5.41) is 9.76. The van der Waals surface area contributed by atoms with Crippen molar-refractivity contribution in [2.75, 3.05) is 19.7 Å². The summed E-state index contributed by atoms with van der Waals surface area (Å²) in [4.78, 5) is 1.89. The lowest BCUT2D eigenvalue weighted by molar-refractivity contribution is -0.0831. The molecule has 78 valence electrons. The van der Waals surface area contributed by atoms with Crippen molar-refractivity contribution < 1.29 is 14.2 Å². The van der Waals surface area contributed by atoms with Crippen LogP contribution in [0.5, 0.6) is 0 Å². The molecular formula is C9H18FNO2. The molecular weight excluding hydrogens is 173 g/mol. The van der Waals surface area contributed by atoms with Crippen LogP contribution in [0.25, 0.3) is 0 Å². The summed E-state index contributed by atoms with van der Waals surface area (Å²) in [5.74, 6) is 0. The van der Waals surface area contributed by atoms with Crippen molar-refractivity contribution in [3.63, 3.8) is 0 Å². The standard InChI is InChI=1S/C9H18FNO2/c1-7(2)11-4-8(10)13-6-9(3,12)5-11/h7-8,12H,4-6H2,1-3H3/t8-,9+/m1/s1. The van der Waals surface area contributed by atoms with Crippen LogP contribution in [0, 0.1) is 0 Å². The second-order valence-electron chi connectivity index (χ2n) is 4.24. The number of rotatable bonds is 1. The minimum Gasteiger partial charge on any atom is -0.386 e. The Morgan fingerprint density at radius 2 is 2.23 bits per heavy atom. The van der Waals surface area contributed by atoms with Gasteiger partial charge in [-0.25, -0.2) is 4.39 Å². The topological polar surface area (TPSA) is 32.7 Å². The van der Waals surface area contributed by atoms with Crippen molar-refractivity contribution in [3.8, 4) is 0 Å². The van der Waals surface area contributed by atoms with Crippen LogP contribution in [-0.4, -0.2) is 47.7 Å². The van der Waals surface area contributed by atoms with Crippen LogP contribution < -0.4 is 0 Å². The van der Waals surface area contributed by atoms with E-state index in [1.165, 1.54) is 0 Å². The Kier molecular flexibility index (Phi) is 3.27. The molecule has 0 aromatic carbocycles. The van der Waals surface area contributed by atoms with Gasteiger partial charge >= 0.3 is 0 Å². The average molecular weight is 191 g/mol. The highest BCUT2D eigenvalue weighted by molar-refractivity contribution is 4.82. The number of nitrogens with zero attached hydrogens (tertiary/aromatic N) is 1. The molecule has 0 bridgehead atoms. The number of β-amino-alcohol motifs (C(OH)–C–C–N with tert-alkyl or cyclic N) is 1. The zero-order chi connectivity index (χ0) is 10.1. The van der Waals surface area contributed by atoms with Crippen molar-refractivity contribution >= 4 is 0 Å². The molecule has 0 aliphatic carbocycles. The van der Waals surface area contributed by atoms with Gasteiger partial charge in [-0.2, -0.15) is 0 Å². The summed E-state index contributed by atoms with van der Waals surface area (Å²) in [6, 6.07) is 0.228. The van der Waals surface area contributed by atoms with Gasteiger partial charge in [-0.05, 0) is 20.8 Å². The first-order chi connectivity index (χ1) is 5.91. The van der Waals surface area contributed by atoms with Crippen molar-refractivity contribution in [3.05, 3.63) is 0 Å². The average Bonchev–Trinajstić information content (AvgIpc) is 2.11. The number of aliphatic hydroxyl groups is 1. The predicted octanol–water partition coefficient (Wildman–Crippen LogP) is 0.774. The van der Waals surface area contributed by atoms with Crippen molar-refractivity contribution in [2.24, 2.45) is 0 Å². The Labute approximate surface area is 78.5 Å². The molecule has 0 aromatic heterocycles. The number of halogens is 1. The van der Waals surface area contributed by atoms with E-state index in [9.17, 15) is 9.50 Å². The summed E-state index contributed by atoms with van der Waals surface area (Å²) in [6.07, 6.45) is -1.28. The number of hydrogen-bond acceptors (Lipinski definition) is 3. The molecule has 2 atom stereocenters. The molecule has 0 aromatic rings. The summed E-state index contributed by atoms with van der Waals surface area (Å²) >= 11 is 0. The first-order valence-electron chi connectivity index (χ1n) is 4.63. The zero-order valence-electron chi connectivity index (χ0n) is 8.46. The Balaban J connectivity index is 2.63. The maximum Gasteiger partial charge on any atom is 0.211 e. The van der Waals surface area contributed by atoms with Crippen LogP contribution in [0.3, 0.4) is 0 Å². The van der Waals surface area contributed by atoms with Gasteiger partial charge in [0.2, 0.25) is 6.36 Å². The molecule has 1 fully saturated rings. The minimum absolute atomic E-state index is 0.0669. The van der Waals surface area contributed by atoms with Crippen LogP contribution in [0.2, 0.25) is 0 Å². The first-order valence-corrected chi connectivity index (χ1v) is 4.63. The van der Waals surface area contributed by atoms with Crippen LogP contribution in [-0.2, 0) is 4.74 Å². The van der Waals surface area contributed by atoms with Crippen molar-refractivity contribution in [2.45, 2.75) is 38.8 Å². The van der Waals surface area contributed by atoms with E-state index in [1.54, 1.807) is 6.92 Å². The van der Waals surface area contributed by atoms with Crippen molar-refractivity contribution in [1.29, 1.82) is 0 Å². The lowest BCUT2D eigenvalue weighted by atomic mass is 10.1. The lowest BCUT2D eigenvalue weighted by Gasteiger charge is -2.29. The van der Waals surface area contributed by atoms with Crippen molar-refractivity contribution in [1.82, 2.24) is 4.90 Å². The van der Waals surface area contributed by atoms with E-state index in [2.05, 4.69) is 0 Å². The number of ether oxygens (including phenoxy) is 1. The van der Waals surface area contributed by atoms with Gasteiger partial charge in [-0.15, -0.1) is 0 Å². The molecule has 13 heavy (non-hydrogen) atoms. The van der Waals surface area contributed by atoms with Gasteiger partial charge in [0.1, 0.15) is 0 Å². The Morgan fingerprint density at radius 3 is 2.77 bits per heavy atom. The van der Waals surface area contributed by atoms with Gasteiger partial charge in [0.25, 0.3) is 0 Å². The second kappa shape index (κ2) is 3.90. The SMILES string of the molecule is CC(C)N1C[C@H](F)OC[C@@](C)(O)C1. The van der Waals surface area contributed by atoms with Gasteiger partial charge in [-0.3, -0.25) is 4.90 Å². The maximum absolute atomic E-state index is 13.0. The molecule has 0 radical (unpaired) electrons. The van der Waals surface area contributed by atoms with E-state index < -0.39 is 12.0 Å². The normalized spacial score (nSPS) is 37.8. The minimum atomic E-state index is -1.28. The summed E-state index contributed by atoms with van der Waals surface area (Å²) in [7, 11) is 0. The van der Waals surface area contributed by atoms with Crippen LogP contribution in [0.1, 0.15) is 20.8 Å². The molecule has 0 saturated carbocycles. The largest absolute Gasteiger partial charge is 0.386 e. The third kappa shape index (κ3) is 3.21. The van der Waals surface area contributed by atoms with Crippen LogP contribution in [0.15, 0.2) is 0 Å². The van der Waals surface area contributed by atoms with E-state index in [0.717, 1.165) is 0 Å². The van der Waals surface area contributed by atoms with Crippen LogP contribution >= 0.6 is 0 Å². The van der Waals surface area contributed by atoms with E-state index in [-0.39, 0.29) is 19.2 Å². The molecule has 0 amide bonds. The zero-order valence-corrected chi connectivity index (χ0v) is 8.46. The Morgan fingerprint density at radius 1 is 1.62 bits per heavy atom. The second-order valence-corrected chi connectivity index (χ2v) is 4.24. The molecule has 1 rings (SSSR count). The highest BCUT2D eigenvalue weighted by Crippen LogP contribution is 2.17. The predicted molar refractivity (Wildman–Crippen MR) is 48.2 cm³/mol. The number of alkyl halides is 1. The fourth-order valence-corrected chi connectivity index (χ4v) is 1.45. The summed E-state index contributed by atoms with van der Waals surface area (Å²) < 4.78 is 17.9. The highest BCUT2D eigenvalue weighted by atomic mass is 19.1. The molecule has 1 aliphatic rings. The van der Waals surface area contributed by atoms with E-state index in [0.29, 0.717) is 6.54 Å². The van der Waals surface area contributed by atoms with Gasteiger partial charge in [-0.1, -0.05) is 0 Å². The summed E-state index contributed by atoms with van der Waals surface area (Å²) in [5.41, 5.74) is -0.939. The summed E-state index contributed by atoms with van der Waals surface area (Å²) in [6.45, 7) is 6.40. The van der Waals surface area contributed by atoms with Crippen LogP contribution in [0.4, 0.5) is 4.39 Å². The van der Waals surface area contributed by atoms with Gasteiger partial charge in [0.15, 0.2) is 0 Å². The molecule has 1 heterocycles. The quantitative estimate of drug-likeness (QED) is 0.664. The third-order valence-electron chi connectivity index (χ3n) is 2.23. The molecule has 1 saturated heterocycles. The number of hydrogen-bond donors (Lipinski definition) is 1. The smallest absolute Gasteiger partial charge is 0.211 e. The fourth-order valence-electron chi connectivity index (χ4n) is 1.45. The Hall–Kier alpha value is -0.190. The molecule has 1 aliphatic heterocycles.